The van der Waals surface area contributed by atoms with Crippen LogP contribution >= 0.6 is 0 Å². The fraction of sp³-hybridized carbons (Fsp3) is 0.478. The van der Waals surface area contributed by atoms with E-state index in [-0.39, 0.29) is 5.91 Å². The van der Waals surface area contributed by atoms with Crippen LogP contribution in [0.2, 0.25) is 0 Å². The van der Waals surface area contributed by atoms with Crippen molar-refractivity contribution in [3.05, 3.63) is 41.3 Å². The number of nitrogens with zero attached hydrogens (tertiary/aromatic N) is 6. The van der Waals surface area contributed by atoms with Crippen molar-refractivity contribution in [2.45, 2.75) is 41.0 Å². The third kappa shape index (κ3) is 3.88. The van der Waals surface area contributed by atoms with Crippen LogP contribution in [0, 0.1) is 26.7 Å². The van der Waals surface area contributed by atoms with Gasteiger partial charge in [0.15, 0.2) is 5.65 Å². The Morgan fingerprint density at radius 3 is 2.47 bits per heavy atom. The number of anilines is 1. The number of hydrogen-bond acceptors (Lipinski definition) is 5. The summed E-state index contributed by atoms with van der Waals surface area (Å²) in [6.45, 7) is 13.2. The van der Waals surface area contributed by atoms with Crippen LogP contribution in [0.1, 0.15) is 37.4 Å². The summed E-state index contributed by atoms with van der Waals surface area (Å²) in [6, 6.07) is 8.28. The molecule has 0 N–H and O–H groups in total. The Bertz CT molecular complexity index is 1080. The highest BCUT2D eigenvalue weighted by Gasteiger charge is 2.26. The zero-order chi connectivity index (χ0) is 21.4. The van der Waals surface area contributed by atoms with E-state index >= 15 is 0 Å². The van der Waals surface area contributed by atoms with Gasteiger partial charge in [-0.05, 0) is 44.4 Å². The highest BCUT2D eigenvalue weighted by atomic mass is 16.2. The molecule has 1 fully saturated rings. The molecule has 3 aromatic rings. The molecule has 0 spiro atoms. The molecule has 1 amide bonds. The zero-order valence-electron chi connectivity index (χ0n) is 18.5. The Hall–Kier alpha value is -2.96. The smallest absolute Gasteiger partial charge is 0.222 e. The van der Waals surface area contributed by atoms with Crippen molar-refractivity contribution >= 4 is 22.8 Å². The van der Waals surface area contributed by atoms with E-state index in [0.29, 0.717) is 12.3 Å². The number of hydrogen-bond donors (Lipinski definition) is 0. The quantitative estimate of drug-likeness (QED) is 0.664. The van der Waals surface area contributed by atoms with Gasteiger partial charge in [0, 0.05) is 32.6 Å². The fourth-order valence-corrected chi connectivity index (χ4v) is 4.08. The predicted octanol–water partition coefficient (Wildman–Crippen LogP) is 3.44. The predicted molar refractivity (Wildman–Crippen MR) is 119 cm³/mol. The number of aryl methyl sites for hydroxylation is 3. The van der Waals surface area contributed by atoms with Crippen molar-refractivity contribution in [3.8, 4) is 5.69 Å². The first-order valence-electron chi connectivity index (χ1n) is 10.7. The summed E-state index contributed by atoms with van der Waals surface area (Å²) in [6.07, 6.45) is 0.610. The maximum Gasteiger partial charge on any atom is 0.222 e. The molecule has 3 heterocycles. The minimum absolute atomic E-state index is 0.247. The molecule has 158 valence electrons. The molecule has 0 radical (unpaired) electrons. The van der Waals surface area contributed by atoms with Crippen molar-refractivity contribution in [2.24, 2.45) is 5.92 Å². The maximum absolute atomic E-state index is 12.4. The summed E-state index contributed by atoms with van der Waals surface area (Å²) >= 11 is 0. The Balaban J connectivity index is 1.67. The number of amides is 1. The molecule has 1 aliphatic rings. The fourth-order valence-electron chi connectivity index (χ4n) is 4.08. The van der Waals surface area contributed by atoms with E-state index in [9.17, 15) is 4.79 Å². The van der Waals surface area contributed by atoms with Gasteiger partial charge >= 0.3 is 0 Å². The van der Waals surface area contributed by atoms with Crippen LogP contribution in [0.3, 0.4) is 0 Å². The number of carbonyl (C=O) groups excluding carboxylic acids is 1. The third-order valence-electron chi connectivity index (χ3n) is 5.56. The molecule has 2 aromatic heterocycles. The molecule has 0 aliphatic carbocycles. The Morgan fingerprint density at radius 2 is 1.80 bits per heavy atom. The van der Waals surface area contributed by atoms with Crippen molar-refractivity contribution in [3.63, 3.8) is 0 Å². The van der Waals surface area contributed by atoms with Crippen molar-refractivity contribution in [2.75, 3.05) is 31.1 Å². The van der Waals surface area contributed by atoms with E-state index in [1.807, 2.05) is 29.5 Å². The van der Waals surface area contributed by atoms with Crippen molar-refractivity contribution in [1.29, 1.82) is 0 Å². The number of benzene rings is 1. The zero-order valence-corrected chi connectivity index (χ0v) is 18.5. The highest BCUT2D eigenvalue weighted by molar-refractivity contribution is 5.91. The monoisotopic (exact) mass is 406 g/mol. The lowest BCUT2D eigenvalue weighted by atomic mass is 10.1. The van der Waals surface area contributed by atoms with Crippen molar-refractivity contribution in [1.82, 2.24) is 24.6 Å². The topological polar surface area (TPSA) is 67.2 Å². The van der Waals surface area contributed by atoms with E-state index in [1.165, 1.54) is 5.56 Å². The summed E-state index contributed by atoms with van der Waals surface area (Å²) in [5.74, 6) is 2.28. The standard InChI is InChI=1S/C23H30N6O/c1-15(2)13-20(30)27-9-11-28(12-10-27)22-21-17(4)26-29(23(21)25-18(5)24-22)19-8-6-7-16(3)14-19/h6-8,14-15H,9-13H2,1-5H3. The lowest BCUT2D eigenvalue weighted by Gasteiger charge is -2.36. The molecule has 7 heteroatoms. The molecule has 0 atom stereocenters. The summed E-state index contributed by atoms with van der Waals surface area (Å²) in [5, 5.41) is 5.79. The van der Waals surface area contributed by atoms with Gasteiger partial charge in [-0.2, -0.15) is 5.10 Å². The maximum atomic E-state index is 12.4. The second-order valence-corrected chi connectivity index (χ2v) is 8.60. The van der Waals surface area contributed by atoms with Gasteiger partial charge in [0.1, 0.15) is 11.6 Å². The lowest BCUT2D eigenvalue weighted by Crippen LogP contribution is -2.49. The van der Waals surface area contributed by atoms with Crippen LogP contribution in [0.25, 0.3) is 16.7 Å². The largest absolute Gasteiger partial charge is 0.352 e. The lowest BCUT2D eigenvalue weighted by molar-refractivity contribution is -0.132. The van der Waals surface area contributed by atoms with Crippen LogP contribution in [0.5, 0.6) is 0 Å². The van der Waals surface area contributed by atoms with Crippen LogP contribution in [-0.2, 0) is 4.79 Å². The van der Waals surface area contributed by atoms with Gasteiger partial charge in [-0.15, -0.1) is 0 Å². The molecule has 4 rings (SSSR count). The Labute approximate surface area is 177 Å². The minimum Gasteiger partial charge on any atom is -0.352 e. The van der Waals surface area contributed by atoms with E-state index in [0.717, 1.165) is 60.2 Å². The van der Waals surface area contributed by atoms with Gasteiger partial charge in [0.05, 0.1) is 16.8 Å². The number of aromatic nitrogens is 4. The summed E-state index contributed by atoms with van der Waals surface area (Å²) in [7, 11) is 0. The molecular weight excluding hydrogens is 376 g/mol. The molecule has 0 unspecified atom stereocenters. The molecule has 7 nitrogen and oxygen atoms in total. The molecule has 1 aliphatic heterocycles. The first kappa shape index (κ1) is 20.3. The van der Waals surface area contributed by atoms with Crippen LogP contribution in [0.15, 0.2) is 24.3 Å². The summed E-state index contributed by atoms with van der Waals surface area (Å²) < 4.78 is 1.91. The van der Waals surface area contributed by atoms with Gasteiger partial charge in [0.25, 0.3) is 0 Å². The normalized spacial score (nSPS) is 14.7. The summed E-state index contributed by atoms with van der Waals surface area (Å²) in [5.41, 5.74) is 3.93. The van der Waals surface area contributed by atoms with E-state index in [4.69, 9.17) is 15.1 Å². The first-order valence-corrected chi connectivity index (χ1v) is 10.7. The molecule has 1 saturated heterocycles. The molecular formula is C23H30N6O. The first-order chi connectivity index (χ1) is 14.3. The van der Waals surface area contributed by atoms with Gasteiger partial charge in [-0.1, -0.05) is 26.0 Å². The van der Waals surface area contributed by atoms with Gasteiger partial charge in [0.2, 0.25) is 5.91 Å². The minimum atomic E-state index is 0.247. The van der Waals surface area contributed by atoms with E-state index in [2.05, 4.69) is 43.9 Å². The average Bonchev–Trinajstić information content (AvgIpc) is 3.03. The highest BCUT2D eigenvalue weighted by Crippen LogP contribution is 2.29. The third-order valence-corrected chi connectivity index (χ3v) is 5.56. The van der Waals surface area contributed by atoms with Gasteiger partial charge < -0.3 is 9.80 Å². The second kappa shape index (κ2) is 8.05. The number of piperazine rings is 1. The van der Waals surface area contributed by atoms with Crippen LogP contribution < -0.4 is 4.90 Å². The Morgan fingerprint density at radius 1 is 1.07 bits per heavy atom. The average molecular weight is 407 g/mol. The number of fused-ring (bicyclic) bond motifs is 1. The molecule has 30 heavy (non-hydrogen) atoms. The molecule has 0 bridgehead atoms. The number of carbonyl (C=O) groups is 1. The van der Waals surface area contributed by atoms with Gasteiger partial charge in [-0.25, -0.2) is 14.6 Å². The van der Waals surface area contributed by atoms with Crippen LogP contribution in [0.4, 0.5) is 5.82 Å². The Kier molecular flexibility index (Phi) is 5.45. The summed E-state index contributed by atoms with van der Waals surface area (Å²) in [4.78, 5) is 26.2. The van der Waals surface area contributed by atoms with Crippen molar-refractivity contribution < 1.29 is 4.79 Å². The SMILES string of the molecule is Cc1cccc(-n2nc(C)c3c(N4CCN(C(=O)CC(C)C)CC4)nc(C)nc32)c1. The van der Waals surface area contributed by atoms with Gasteiger partial charge in [-0.3, -0.25) is 4.79 Å². The second-order valence-electron chi connectivity index (χ2n) is 8.60. The molecule has 0 saturated carbocycles. The van der Waals surface area contributed by atoms with E-state index < -0.39 is 0 Å². The number of rotatable bonds is 4. The van der Waals surface area contributed by atoms with Crippen LogP contribution in [-0.4, -0.2) is 56.7 Å². The molecule has 1 aromatic carbocycles. The van der Waals surface area contributed by atoms with E-state index in [1.54, 1.807) is 0 Å².